The van der Waals surface area contributed by atoms with Gasteiger partial charge in [-0.05, 0) is 37.3 Å². The zero-order valence-electron chi connectivity index (χ0n) is 13.6. The Morgan fingerprint density at radius 1 is 1.28 bits per heavy atom. The quantitative estimate of drug-likeness (QED) is 0.803. The van der Waals surface area contributed by atoms with E-state index in [0.29, 0.717) is 18.5 Å². The van der Waals surface area contributed by atoms with Gasteiger partial charge in [-0.1, -0.05) is 0 Å². The van der Waals surface area contributed by atoms with Gasteiger partial charge >= 0.3 is 12.1 Å². The molecule has 0 radical (unpaired) electrons. The molecule has 1 aromatic carbocycles. The average Bonchev–Trinajstić information content (AvgIpc) is 2.98. The van der Waals surface area contributed by atoms with E-state index in [9.17, 15) is 22.8 Å². The lowest BCUT2D eigenvalue weighted by atomic mass is 10.2. The monoisotopic (exact) mass is 354 g/mol. The van der Waals surface area contributed by atoms with Gasteiger partial charge in [0.1, 0.15) is 0 Å². The van der Waals surface area contributed by atoms with Crippen molar-refractivity contribution in [2.45, 2.75) is 19.1 Å². The Labute approximate surface area is 142 Å². The third-order valence-corrected chi connectivity index (χ3v) is 3.95. The van der Waals surface area contributed by atoms with Gasteiger partial charge in [-0.2, -0.15) is 13.2 Å². The molecule has 0 bridgehead atoms. The highest BCUT2D eigenvalue weighted by molar-refractivity contribution is 5.96. The lowest BCUT2D eigenvalue weighted by molar-refractivity contribution is -0.137. The van der Waals surface area contributed by atoms with Gasteiger partial charge in [0.25, 0.3) is 0 Å². The van der Waals surface area contributed by atoms with Gasteiger partial charge < -0.3 is 14.6 Å². The molecule has 0 aliphatic rings. The summed E-state index contributed by atoms with van der Waals surface area (Å²) in [6.45, 7) is 2.17. The number of likely N-dealkylation sites (N-methyl/N-ethyl adjacent to an activating group) is 1. The van der Waals surface area contributed by atoms with Gasteiger partial charge in [0.2, 0.25) is 0 Å². The van der Waals surface area contributed by atoms with E-state index >= 15 is 0 Å². The number of anilines is 1. The lowest BCUT2D eigenvalue weighted by Crippen LogP contribution is -2.26. The van der Waals surface area contributed by atoms with E-state index in [4.69, 9.17) is 5.11 Å². The van der Waals surface area contributed by atoms with Gasteiger partial charge in [-0.3, -0.25) is 4.79 Å². The second-order valence-corrected chi connectivity index (χ2v) is 5.72. The summed E-state index contributed by atoms with van der Waals surface area (Å²) in [6, 6.07) is 5.83. The van der Waals surface area contributed by atoms with Crippen LogP contribution in [0, 0.1) is 0 Å². The van der Waals surface area contributed by atoms with Gasteiger partial charge in [-0.25, -0.2) is 4.79 Å². The molecule has 5 nitrogen and oxygen atoms in total. The number of carbonyl (C=O) groups is 2. The van der Waals surface area contributed by atoms with E-state index in [0.717, 1.165) is 12.1 Å². The van der Waals surface area contributed by atoms with Crippen molar-refractivity contribution in [1.82, 2.24) is 4.57 Å². The van der Waals surface area contributed by atoms with Crippen molar-refractivity contribution < 1.29 is 27.9 Å². The van der Waals surface area contributed by atoms with Crippen LogP contribution in [0.5, 0.6) is 0 Å². The highest BCUT2D eigenvalue weighted by atomic mass is 19.4. The zero-order valence-corrected chi connectivity index (χ0v) is 13.6. The summed E-state index contributed by atoms with van der Waals surface area (Å²) < 4.78 is 39.4. The van der Waals surface area contributed by atoms with Crippen LogP contribution in [-0.4, -0.2) is 35.5 Å². The summed E-state index contributed by atoms with van der Waals surface area (Å²) in [5, 5.41) is 9.07. The molecule has 1 heterocycles. The number of aromatic carboxylic acids is 1. The van der Waals surface area contributed by atoms with Crippen molar-refractivity contribution in [2.24, 2.45) is 0 Å². The Kier molecular flexibility index (Phi) is 5.20. The predicted octanol–water partition coefficient (Wildman–Crippen LogP) is 3.72. The summed E-state index contributed by atoms with van der Waals surface area (Å²) in [7, 11) is 1.71. The molecular formula is C17H17F3N2O3. The minimum atomic E-state index is -4.39. The molecule has 1 unspecified atom stereocenters. The molecule has 0 spiro atoms. The number of nitrogens with zero attached hydrogens (tertiary/aromatic N) is 2. The van der Waals surface area contributed by atoms with Crippen LogP contribution in [0.4, 0.5) is 18.9 Å². The molecule has 8 heteroatoms. The van der Waals surface area contributed by atoms with Gasteiger partial charge in [0.15, 0.2) is 6.29 Å². The van der Waals surface area contributed by atoms with Crippen LogP contribution in [-0.2, 0) is 6.18 Å². The van der Waals surface area contributed by atoms with Crippen molar-refractivity contribution in [1.29, 1.82) is 0 Å². The zero-order chi connectivity index (χ0) is 18.8. The van der Waals surface area contributed by atoms with Crippen LogP contribution in [0.2, 0.25) is 0 Å². The fourth-order valence-electron chi connectivity index (χ4n) is 2.64. The predicted molar refractivity (Wildman–Crippen MR) is 86.2 cm³/mol. The normalized spacial score (nSPS) is 12.7. The topological polar surface area (TPSA) is 62.5 Å². The summed E-state index contributed by atoms with van der Waals surface area (Å²) in [5.74, 6) is -1.19. The summed E-state index contributed by atoms with van der Waals surface area (Å²) >= 11 is 0. The molecule has 1 N–H and O–H groups in total. The molecule has 1 aromatic heterocycles. The number of halogens is 3. The fraction of sp³-hybridized carbons (Fsp3) is 0.294. The number of hydrogen-bond acceptors (Lipinski definition) is 3. The van der Waals surface area contributed by atoms with Crippen LogP contribution < -0.4 is 4.90 Å². The van der Waals surface area contributed by atoms with E-state index in [1.165, 1.54) is 29.0 Å². The van der Waals surface area contributed by atoms with E-state index in [1.54, 1.807) is 18.9 Å². The first-order valence-electron chi connectivity index (χ1n) is 7.43. The van der Waals surface area contributed by atoms with E-state index in [1.807, 2.05) is 0 Å². The van der Waals surface area contributed by atoms with E-state index < -0.39 is 17.7 Å². The number of rotatable bonds is 6. The molecule has 0 aliphatic heterocycles. The number of carboxylic acids is 1. The van der Waals surface area contributed by atoms with Crippen molar-refractivity contribution in [2.75, 3.05) is 18.5 Å². The number of hydrogen-bond donors (Lipinski definition) is 1. The Balaban J connectivity index is 2.16. The molecule has 0 saturated heterocycles. The number of benzene rings is 1. The Morgan fingerprint density at radius 3 is 2.36 bits per heavy atom. The summed E-state index contributed by atoms with van der Waals surface area (Å²) in [5.41, 5.74) is -0.171. The molecule has 0 aliphatic carbocycles. The summed E-state index contributed by atoms with van der Waals surface area (Å²) in [6.07, 6.45) is -2.39. The van der Waals surface area contributed by atoms with Gasteiger partial charge in [-0.15, -0.1) is 0 Å². The highest BCUT2D eigenvalue weighted by Gasteiger charge is 2.30. The Hall–Kier alpha value is -2.77. The average molecular weight is 354 g/mol. The largest absolute Gasteiger partial charge is 0.478 e. The molecule has 0 fully saturated rings. The molecule has 2 aromatic rings. The van der Waals surface area contributed by atoms with Crippen molar-refractivity contribution in [3.8, 4) is 0 Å². The molecule has 0 amide bonds. The maximum absolute atomic E-state index is 12.6. The summed E-state index contributed by atoms with van der Waals surface area (Å²) in [4.78, 5) is 24.0. The molecule has 25 heavy (non-hydrogen) atoms. The van der Waals surface area contributed by atoms with Crippen LogP contribution >= 0.6 is 0 Å². The second kappa shape index (κ2) is 7.00. The first-order chi connectivity index (χ1) is 11.6. The maximum atomic E-state index is 12.6. The Bertz CT molecular complexity index is 766. The standard InChI is InChI=1S/C17H17F3N2O3/c1-11(22-8-7-14(16(24)25)15(22)10-23)9-21(2)13-5-3-12(4-6-13)17(18,19)20/h3-8,10-11H,9H2,1-2H3,(H,24,25). The lowest BCUT2D eigenvalue weighted by Gasteiger charge is -2.25. The third-order valence-electron chi connectivity index (χ3n) is 3.95. The van der Waals surface area contributed by atoms with Crippen molar-refractivity contribution in [3.63, 3.8) is 0 Å². The van der Waals surface area contributed by atoms with E-state index in [-0.39, 0.29) is 17.3 Å². The first kappa shape index (κ1) is 18.6. The second-order valence-electron chi connectivity index (χ2n) is 5.72. The molecular weight excluding hydrogens is 337 g/mol. The number of carboxylic acid groups (broad SMARTS) is 1. The Morgan fingerprint density at radius 2 is 1.88 bits per heavy atom. The minimum Gasteiger partial charge on any atom is -0.478 e. The minimum absolute atomic E-state index is 0.0563. The molecule has 134 valence electrons. The number of carbonyl (C=O) groups excluding carboxylic acids is 1. The van der Waals surface area contributed by atoms with Crippen molar-refractivity contribution >= 4 is 17.9 Å². The highest BCUT2D eigenvalue weighted by Crippen LogP contribution is 2.30. The van der Waals surface area contributed by atoms with Crippen LogP contribution in [0.1, 0.15) is 39.4 Å². The third kappa shape index (κ3) is 4.01. The smallest absolute Gasteiger partial charge is 0.416 e. The van der Waals surface area contributed by atoms with Crippen LogP contribution in [0.15, 0.2) is 36.5 Å². The van der Waals surface area contributed by atoms with Crippen LogP contribution in [0.3, 0.4) is 0 Å². The number of alkyl halides is 3. The maximum Gasteiger partial charge on any atom is 0.416 e. The number of aldehydes is 1. The fourth-order valence-corrected chi connectivity index (χ4v) is 2.64. The first-order valence-corrected chi connectivity index (χ1v) is 7.43. The van der Waals surface area contributed by atoms with Crippen LogP contribution in [0.25, 0.3) is 0 Å². The number of aromatic nitrogens is 1. The molecule has 2 rings (SSSR count). The van der Waals surface area contributed by atoms with Gasteiger partial charge in [0.05, 0.1) is 16.8 Å². The molecule has 1 atom stereocenters. The molecule has 0 saturated carbocycles. The SMILES string of the molecule is CC(CN(C)c1ccc(C(F)(F)F)cc1)n1ccc(C(=O)O)c1C=O. The van der Waals surface area contributed by atoms with Crippen molar-refractivity contribution in [3.05, 3.63) is 53.3 Å². The van der Waals surface area contributed by atoms with E-state index in [2.05, 4.69) is 0 Å². The van der Waals surface area contributed by atoms with Gasteiger partial charge in [0, 0.05) is 31.5 Å².